The number of aliphatic carboxylic acids is 1. The zero-order chi connectivity index (χ0) is 13.4. The fourth-order valence-electron chi connectivity index (χ4n) is 2.57. The van der Waals surface area contributed by atoms with Gasteiger partial charge in [-0.15, -0.1) is 0 Å². The maximum atomic E-state index is 12.2. The fraction of sp³-hybridized carbons (Fsp3) is 0.846. The summed E-state index contributed by atoms with van der Waals surface area (Å²) < 4.78 is 5.08. The maximum Gasteiger partial charge on any atom is 0.303 e. The first-order valence-corrected chi connectivity index (χ1v) is 6.60. The number of carboxylic acid groups (broad SMARTS) is 1. The Kier molecular flexibility index (Phi) is 6.12. The van der Waals surface area contributed by atoms with Crippen LogP contribution in [0.15, 0.2) is 0 Å². The van der Waals surface area contributed by atoms with Crippen molar-refractivity contribution in [3.63, 3.8) is 0 Å². The van der Waals surface area contributed by atoms with Crippen LogP contribution in [0.4, 0.5) is 0 Å². The van der Waals surface area contributed by atoms with Gasteiger partial charge in [0.15, 0.2) is 0 Å². The van der Waals surface area contributed by atoms with Crippen LogP contribution in [0.25, 0.3) is 0 Å². The third kappa shape index (κ3) is 4.29. The molecule has 0 aromatic carbocycles. The molecule has 104 valence electrons. The Balaban J connectivity index is 2.37. The molecule has 0 spiro atoms. The molecule has 2 N–H and O–H groups in total. The van der Waals surface area contributed by atoms with Gasteiger partial charge in [-0.3, -0.25) is 9.59 Å². The van der Waals surface area contributed by atoms with Crippen LogP contribution >= 0.6 is 0 Å². The van der Waals surface area contributed by atoms with Gasteiger partial charge in [0.1, 0.15) is 0 Å². The van der Waals surface area contributed by atoms with Crippen LogP contribution in [0.1, 0.15) is 44.9 Å². The van der Waals surface area contributed by atoms with Crippen LogP contribution < -0.4 is 5.32 Å². The normalized spacial score (nSPS) is 17.6. The number of ether oxygens (including phenoxy) is 1. The predicted octanol–water partition coefficient (Wildman–Crippen LogP) is 1.56. The number of carbonyl (C=O) groups is 2. The average Bonchev–Trinajstić information content (AvgIpc) is 2.81. The minimum absolute atomic E-state index is 0.0717. The molecular weight excluding hydrogens is 234 g/mol. The van der Waals surface area contributed by atoms with E-state index in [9.17, 15) is 9.59 Å². The molecule has 1 rings (SSSR count). The average molecular weight is 257 g/mol. The number of carboxylic acids is 1. The van der Waals surface area contributed by atoms with Gasteiger partial charge in [-0.05, 0) is 25.7 Å². The molecular formula is C13H23NO4. The van der Waals surface area contributed by atoms with Gasteiger partial charge in [0.25, 0.3) is 0 Å². The standard InChI is InChI=1S/C13H23NO4/c1-18-10-8-13(6-2-3-7-13)12(17)14-9-4-5-11(15)16/h2-10H2,1H3,(H,14,17)(H,15,16). The Morgan fingerprint density at radius 2 is 2.00 bits per heavy atom. The highest BCUT2D eigenvalue weighted by atomic mass is 16.5. The topological polar surface area (TPSA) is 75.6 Å². The maximum absolute atomic E-state index is 12.2. The third-order valence-electron chi connectivity index (χ3n) is 3.68. The summed E-state index contributed by atoms with van der Waals surface area (Å²) in [6.07, 6.45) is 5.36. The van der Waals surface area contributed by atoms with E-state index in [2.05, 4.69) is 5.32 Å². The van der Waals surface area contributed by atoms with E-state index in [1.165, 1.54) is 0 Å². The lowest BCUT2D eigenvalue weighted by molar-refractivity contribution is -0.137. The van der Waals surface area contributed by atoms with E-state index in [0.29, 0.717) is 19.6 Å². The molecule has 0 saturated heterocycles. The summed E-state index contributed by atoms with van der Waals surface area (Å²) in [6.45, 7) is 1.04. The van der Waals surface area contributed by atoms with Crippen molar-refractivity contribution < 1.29 is 19.4 Å². The monoisotopic (exact) mass is 257 g/mol. The van der Waals surface area contributed by atoms with Gasteiger partial charge in [0.05, 0.1) is 5.41 Å². The van der Waals surface area contributed by atoms with E-state index < -0.39 is 5.97 Å². The molecule has 0 aliphatic heterocycles. The molecule has 0 heterocycles. The molecule has 0 aromatic rings. The SMILES string of the molecule is COCCC1(C(=O)NCCCC(=O)O)CCCC1. The van der Waals surface area contributed by atoms with Crippen LogP contribution in [-0.4, -0.2) is 37.2 Å². The van der Waals surface area contributed by atoms with Crippen molar-refractivity contribution in [1.29, 1.82) is 0 Å². The first-order valence-electron chi connectivity index (χ1n) is 6.60. The first kappa shape index (κ1) is 15.0. The number of hydrogen-bond acceptors (Lipinski definition) is 3. The second kappa shape index (κ2) is 7.36. The van der Waals surface area contributed by atoms with Crippen molar-refractivity contribution in [3.8, 4) is 0 Å². The summed E-state index contributed by atoms with van der Waals surface area (Å²) in [5.74, 6) is -0.748. The first-order chi connectivity index (χ1) is 8.60. The minimum atomic E-state index is -0.820. The summed E-state index contributed by atoms with van der Waals surface area (Å²) in [5.41, 5.74) is -0.279. The van der Waals surface area contributed by atoms with E-state index in [1.807, 2.05) is 0 Å². The summed E-state index contributed by atoms with van der Waals surface area (Å²) in [5, 5.41) is 11.4. The molecule has 0 unspecified atom stereocenters. The molecule has 1 aliphatic rings. The second-order valence-electron chi connectivity index (χ2n) is 4.98. The quantitative estimate of drug-likeness (QED) is 0.647. The van der Waals surface area contributed by atoms with Crippen molar-refractivity contribution in [2.75, 3.05) is 20.3 Å². The van der Waals surface area contributed by atoms with Crippen molar-refractivity contribution in [2.45, 2.75) is 44.9 Å². The number of rotatable bonds is 8. The van der Waals surface area contributed by atoms with Crippen molar-refractivity contribution in [2.24, 2.45) is 5.41 Å². The van der Waals surface area contributed by atoms with Gasteiger partial charge in [-0.2, -0.15) is 0 Å². The molecule has 1 aliphatic carbocycles. The lowest BCUT2D eigenvalue weighted by atomic mass is 9.82. The predicted molar refractivity (Wildman–Crippen MR) is 67.3 cm³/mol. The number of nitrogens with one attached hydrogen (secondary N) is 1. The van der Waals surface area contributed by atoms with Crippen molar-refractivity contribution >= 4 is 11.9 Å². The van der Waals surface area contributed by atoms with E-state index in [4.69, 9.17) is 9.84 Å². The fourth-order valence-corrected chi connectivity index (χ4v) is 2.57. The lowest BCUT2D eigenvalue weighted by Crippen LogP contribution is -2.40. The Morgan fingerprint density at radius 1 is 1.33 bits per heavy atom. The van der Waals surface area contributed by atoms with E-state index in [0.717, 1.165) is 32.1 Å². The lowest BCUT2D eigenvalue weighted by Gasteiger charge is -2.27. The van der Waals surface area contributed by atoms with Gasteiger partial charge in [-0.1, -0.05) is 12.8 Å². The minimum Gasteiger partial charge on any atom is -0.481 e. The zero-order valence-corrected chi connectivity index (χ0v) is 11.0. The third-order valence-corrected chi connectivity index (χ3v) is 3.68. The molecule has 0 radical (unpaired) electrons. The van der Waals surface area contributed by atoms with Crippen molar-refractivity contribution in [1.82, 2.24) is 5.32 Å². The van der Waals surface area contributed by atoms with Gasteiger partial charge in [0.2, 0.25) is 5.91 Å². The molecule has 1 amide bonds. The van der Waals surface area contributed by atoms with Crippen LogP contribution in [-0.2, 0) is 14.3 Å². The van der Waals surface area contributed by atoms with Crippen molar-refractivity contribution in [3.05, 3.63) is 0 Å². The molecule has 0 bridgehead atoms. The Labute approximate surface area is 108 Å². The molecule has 5 heteroatoms. The molecule has 18 heavy (non-hydrogen) atoms. The van der Waals surface area contributed by atoms with Gasteiger partial charge >= 0.3 is 5.97 Å². The van der Waals surface area contributed by atoms with Gasteiger partial charge < -0.3 is 15.2 Å². The highest BCUT2D eigenvalue weighted by molar-refractivity contribution is 5.82. The Morgan fingerprint density at radius 3 is 2.56 bits per heavy atom. The number of amides is 1. The summed E-state index contributed by atoms with van der Waals surface area (Å²) >= 11 is 0. The molecule has 5 nitrogen and oxygen atoms in total. The molecule has 1 fully saturated rings. The van der Waals surface area contributed by atoms with E-state index >= 15 is 0 Å². The van der Waals surface area contributed by atoms with E-state index in [1.54, 1.807) is 7.11 Å². The highest BCUT2D eigenvalue weighted by Gasteiger charge is 2.40. The summed E-state index contributed by atoms with van der Waals surface area (Å²) in [6, 6.07) is 0. The number of methoxy groups -OCH3 is 1. The van der Waals surface area contributed by atoms with E-state index in [-0.39, 0.29) is 17.7 Å². The smallest absolute Gasteiger partial charge is 0.303 e. The van der Waals surface area contributed by atoms with Crippen LogP contribution in [0, 0.1) is 5.41 Å². The van der Waals surface area contributed by atoms with Gasteiger partial charge in [0, 0.05) is 26.7 Å². The Hall–Kier alpha value is -1.10. The number of hydrogen-bond donors (Lipinski definition) is 2. The number of carbonyl (C=O) groups excluding carboxylic acids is 1. The largest absolute Gasteiger partial charge is 0.481 e. The molecule has 0 aromatic heterocycles. The summed E-state index contributed by atoms with van der Waals surface area (Å²) in [7, 11) is 1.65. The van der Waals surface area contributed by atoms with Crippen LogP contribution in [0.5, 0.6) is 0 Å². The van der Waals surface area contributed by atoms with Crippen LogP contribution in [0.2, 0.25) is 0 Å². The van der Waals surface area contributed by atoms with Gasteiger partial charge in [-0.25, -0.2) is 0 Å². The van der Waals surface area contributed by atoms with Crippen LogP contribution in [0.3, 0.4) is 0 Å². The summed E-state index contributed by atoms with van der Waals surface area (Å²) in [4.78, 5) is 22.6. The Bertz CT molecular complexity index is 285. The second-order valence-corrected chi connectivity index (χ2v) is 4.98. The highest BCUT2D eigenvalue weighted by Crippen LogP contribution is 2.41. The zero-order valence-electron chi connectivity index (χ0n) is 11.0. The molecule has 0 atom stereocenters. The molecule has 1 saturated carbocycles.